The van der Waals surface area contributed by atoms with Gasteiger partial charge in [0.15, 0.2) is 0 Å². The summed E-state index contributed by atoms with van der Waals surface area (Å²) < 4.78 is 5.21. The van der Waals surface area contributed by atoms with Crippen molar-refractivity contribution in [1.29, 1.82) is 0 Å². The first-order valence-corrected chi connectivity index (χ1v) is 8.01. The molecule has 0 bridgehead atoms. The molecule has 3 rings (SSSR count). The highest BCUT2D eigenvalue weighted by molar-refractivity contribution is 7.10. The maximum absolute atomic E-state index is 6.56. The van der Waals surface area contributed by atoms with Crippen molar-refractivity contribution >= 4 is 22.9 Å². The predicted molar refractivity (Wildman–Crippen MR) is 90.4 cm³/mol. The third-order valence-corrected chi connectivity index (χ3v) is 4.98. The predicted octanol–water partition coefficient (Wildman–Crippen LogP) is 5.75. The molecule has 0 amide bonds. The molecule has 3 heteroatoms. The first kappa shape index (κ1) is 14.2. The average Bonchev–Trinajstić information content (AvgIpc) is 3.04. The monoisotopic (exact) mass is 314 g/mol. The van der Waals surface area contributed by atoms with Crippen LogP contribution in [0.5, 0.6) is 5.75 Å². The summed E-state index contributed by atoms with van der Waals surface area (Å²) in [7, 11) is 1.67. The molecular formula is C18H15ClOS. The highest BCUT2D eigenvalue weighted by atomic mass is 35.5. The van der Waals surface area contributed by atoms with Crippen LogP contribution in [0.1, 0.15) is 15.8 Å². The van der Waals surface area contributed by atoms with Crippen molar-refractivity contribution in [2.75, 3.05) is 7.11 Å². The lowest BCUT2D eigenvalue weighted by Gasteiger charge is -2.09. The Balaban J connectivity index is 1.83. The van der Waals surface area contributed by atoms with Crippen molar-refractivity contribution in [1.82, 2.24) is 0 Å². The summed E-state index contributed by atoms with van der Waals surface area (Å²) in [6, 6.07) is 20.7. The normalized spacial score (nSPS) is 12.1. The van der Waals surface area contributed by atoms with E-state index in [1.165, 1.54) is 11.1 Å². The van der Waals surface area contributed by atoms with Crippen LogP contribution >= 0.6 is 22.9 Å². The van der Waals surface area contributed by atoms with Crippen LogP contribution < -0.4 is 4.74 Å². The summed E-state index contributed by atoms with van der Waals surface area (Å²) in [6.45, 7) is 0. The van der Waals surface area contributed by atoms with Crippen molar-refractivity contribution in [2.45, 2.75) is 5.38 Å². The smallest absolute Gasteiger partial charge is 0.129 e. The van der Waals surface area contributed by atoms with E-state index in [1.807, 2.05) is 29.6 Å². The number of benzene rings is 2. The van der Waals surface area contributed by atoms with E-state index < -0.39 is 0 Å². The van der Waals surface area contributed by atoms with Gasteiger partial charge in [0, 0.05) is 10.3 Å². The Labute approximate surface area is 133 Å². The Morgan fingerprint density at radius 1 is 0.952 bits per heavy atom. The van der Waals surface area contributed by atoms with Crippen molar-refractivity contribution < 1.29 is 4.74 Å². The van der Waals surface area contributed by atoms with E-state index in [1.54, 1.807) is 18.4 Å². The maximum Gasteiger partial charge on any atom is 0.129 e. The zero-order valence-electron chi connectivity index (χ0n) is 11.6. The van der Waals surface area contributed by atoms with Gasteiger partial charge < -0.3 is 4.74 Å². The molecule has 1 heterocycles. The molecule has 0 fully saturated rings. The molecule has 0 aliphatic rings. The van der Waals surface area contributed by atoms with Crippen LogP contribution in [-0.4, -0.2) is 7.11 Å². The molecule has 1 atom stereocenters. The van der Waals surface area contributed by atoms with E-state index in [4.69, 9.17) is 16.3 Å². The standard InChI is InChI=1S/C18H15ClOS/c1-20-16-11-17(21-12-16)18(19)15-9-7-14(8-10-15)13-5-3-2-4-6-13/h2-12,18H,1H3. The largest absolute Gasteiger partial charge is 0.496 e. The van der Waals surface area contributed by atoms with Crippen LogP contribution in [0.15, 0.2) is 66.0 Å². The molecule has 0 N–H and O–H groups in total. The van der Waals surface area contributed by atoms with E-state index in [2.05, 4.69) is 36.4 Å². The summed E-state index contributed by atoms with van der Waals surface area (Å²) in [5.74, 6) is 0.863. The van der Waals surface area contributed by atoms with Gasteiger partial charge in [0.1, 0.15) is 5.75 Å². The lowest BCUT2D eigenvalue weighted by atomic mass is 10.0. The molecule has 0 aliphatic carbocycles. The third kappa shape index (κ3) is 3.12. The van der Waals surface area contributed by atoms with Gasteiger partial charge in [-0.3, -0.25) is 0 Å². The fourth-order valence-electron chi connectivity index (χ4n) is 2.21. The molecule has 21 heavy (non-hydrogen) atoms. The number of rotatable bonds is 4. The van der Waals surface area contributed by atoms with Crippen molar-refractivity contribution in [3.8, 4) is 16.9 Å². The maximum atomic E-state index is 6.56. The summed E-state index contributed by atoms with van der Waals surface area (Å²) >= 11 is 8.18. The second-order valence-corrected chi connectivity index (χ2v) is 6.12. The highest BCUT2D eigenvalue weighted by Crippen LogP contribution is 2.36. The number of hydrogen-bond acceptors (Lipinski definition) is 2. The fourth-order valence-corrected chi connectivity index (χ4v) is 3.43. The minimum Gasteiger partial charge on any atom is -0.496 e. The Morgan fingerprint density at radius 3 is 2.24 bits per heavy atom. The van der Waals surface area contributed by atoms with Crippen LogP contribution in [-0.2, 0) is 0 Å². The van der Waals surface area contributed by atoms with Crippen molar-refractivity contribution in [2.24, 2.45) is 0 Å². The van der Waals surface area contributed by atoms with E-state index in [-0.39, 0.29) is 5.38 Å². The van der Waals surface area contributed by atoms with Gasteiger partial charge in [-0.15, -0.1) is 22.9 Å². The van der Waals surface area contributed by atoms with Crippen LogP contribution in [0.3, 0.4) is 0 Å². The SMILES string of the molecule is COc1csc(C(Cl)c2ccc(-c3ccccc3)cc2)c1. The molecule has 0 saturated carbocycles. The quantitative estimate of drug-likeness (QED) is 0.557. The van der Waals surface area contributed by atoms with Crippen LogP contribution in [0, 0.1) is 0 Å². The molecular weight excluding hydrogens is 300 g/mol. The molecule has 2 aromatic carbocycles. The van der Waals surface area contributed by atoms with Crippen molar-refractivity contribution in [3.05, 3.63) is 76.5 Å². The Bertz CT molecular complexity index is 704. The zero-order valence-corrected chi connectivity index (χ0v) is 13.2. The summed E-state index contributed by atoms with van der Waals surface area (Å²) in [4.78, 5) is 1.10. The molecule has 1 nitrogen and oxygen atoms in total. The van der Waals surface area contributed by atoms with E-state index in [9.17, 15) is 0 Å². The van der Waals surface area contributed by atoms with E-state index in [0.29, 0.717) is 0 Å². The number of thiophene rings is 1. The van der Waals surface area contributed by atoms with Crippen LogP contribution in [0.4, 0.5) is 0 Å². The van der Waals surface area contributed by atoms with Gasteiger partial charge in [-0.05, 0) is 22.8 Å². The number of alkyl halides is 1. The molecule has 0 spiro atoms. The molecule has 0 saturated heterocycles. The van der Waals surface area contributed by atoms with Gasteiger partial charge in [-0.1, -0.05) is 54.6 Å². The average molecular weight is 315 g/mol. The van der Waals surface area contributed by atoms with Gasteiger partial charge in [-0.2, -0.15) is 0 Å². The Morgan fingerprint density at radius 2 is 1.62 bits per heavy atom. The van der Waals surface area contributed by atoms with Gasteiger partial charge in [0.2, 0.25) is 0 Å². The number of methoxy groups -OCH3 is 1. The van der Waals surface area contributed by atoms with Crippen LogP contribution in [0.25, 0.3) is 11.1 Å². The minimum atomic E-state index is -0.135. The highest BCUT2D eigenvalue weighted by Gasteiger charge is 2.13. The van der Waals surface area contributed by atoms with Gasteiger partial charge in [0.05, 0.1) is 12.5 Å². The van der Waals surface area contributed by atoms with Crippen LogP contribution in [0.2, 0.25) is 0 Å². The molecule has 106 valence electrons. The molecule has 0 radical (unpaired) electrons. The van der Waals surface area contributed by atoms with Gasteiger partial charge in [0.25, 0.3) is 0 Å². The zero-order chi connectivity index (χ0) is 14.7. The molecule has 1 aromatic heterocycles. The second-order valence-electron chi connectivity index (χ2n) is 4.74. The number of halogens is 1. The summed E-state index contributed by atoms with van der Waals surface area (Å²) in [5.41, 5.74) is 3.51. The first-order valence-electron chi connectivity index (χ1n) is 6.70. The summed E-state index contributed by atoms with van der Waals surface area (Å²) in [6.07, 6.45) is 0. The van der Waals surface area contributed by atoms with E-state index >= 15 is 0 Å². The number of ether oxygens (including phenoxy) is 1. The lowest BCUT2D eigenvalue weighted by Crippen LogP contribution is -1.90. The Kier molecular flexibility index (Phi) is 4.28. The fraction of sp³-hybridized carbons (Fsp3) is 0.111. The molecule has 1 unspecified atom stereocenters. The number of hydrogen-bond donors (Lipinski definition) is 0. The topological polar surface area (TPSA) is 9.23 Å². The molecule has 3 aromatic rings. The third-order valence-electron chi connectivity index (χ3n) is 3.39. The second kappa shape index (κ2) is 6.33. The lowest BCUT2D eigenvalue weighted by molar-refractivity contribution is 0.416. The van der Waals surface area contributed by atoms with Crippen molar-refractivity contribution in [3.63, 3.8) is 0 Å². The summed E-state index contributed by atoms with van der Waals surface area (Å²) in [5, 5.41) is 1.84. The van der Waals surface area contributed by atoms with Gasteiger partial charge >= 0.3 is 0 Å². The Hall–Kier alpha value is -1.77. The van der Waals surface area contributed by atoms with Gasteiger partial charge in [-0.25, -0.2) is 0 Å². The molecule has 0 aliphatic heterocycles. The van der Waals surface area contributed by atoms with E-state index in [0.717, 1.165) is 16.2 Å². The first-order chi connectivity index (χ1) is 10.3. The minimum absolute atomic E-state index is 0.135.